The van der Waals surface area contributed by atoms with Gasteiger partial charge in [0.1, 0.15) is 17.9 Å². The molecule has 1 saturated carbocycles. The summed E-state index contributed by atoms with van der Waals surface area (Å²) in [6.07, 6.45) is 6.00. The lowest BCUT2D eigenvalue weighted by molar-refractivity contribution is 0.00654. The van der Waals surface area contributed by atoms with Crippen LogP contribution in [0.1, 0.15) is 30.4 Å². The third-order valence-electron chi connectivity index (χ3n) is 5.28. The number of methoxy groups -OCH3 is 1. The van der Waals surface area contributed by atoms with Gasteiger partial charge in [0.25, 0.3) is 0 Å². The molecule has 7 nitrogen and oxygen atoms in total. The first-order valence-corrected chi connectivity index (χ1v) is 9.35. The van der Waals surface area contributed by atoms with Crippen LogP contribution in [0.25, 0.3) is 21.9 Å². The minimum Gasteiger partial charge on any atom is -0.381 e. The molecular formula is C19H19ClN6O. The molecule has 0 aliphatic heterocycles. The zero-order chi connectivity index (χ0) is 18.5. The second-order valence-corrected chi connectivity index (χ2v) is 7.53. The van der Waals surface area contributed by atoms with Crippen molar-refractivity contribution in [1.29, 1.82) is 0 Å². The van der Waals surface area contributed by atoms with E-state index in [0.29, 0.717) is 23.7 Å². The normalized spacial score (nSPS) is 19.7. The van der Waals surface area contributed by atoms with E-state index in [2.05, 4.69) is 19.9 Å². The number of benzene rings is 1. The standard InChI is InChI=1S/C19H19ClN6O/c1-11-9-25(24-23-11)10-18-22-17-8-21-16-4-3-12(20)5-15(16)19(17)26(18)13-6-14(7-13)27-2/h3-5,8-9,13-14H,6-7,10H2,1-2H3/t13-,14-. The number of hydrogen-bond acceptors (Lipinski definition) is 5. The Morgan fingerprint density at radius 2 is 2.11 bits per heavy atom. The lowest BCUT2D eigenvalue weighted by Gasteiger charge is -2.36. The van der Waals surface area contributed by atoms with Crippen LogP contribution in [0.2, 0.25) is 5.02 Å². The van der Waals surface area contributed by atoms with Crippen molar-refractivity contribution >= 4 is 33.5 Å². The molecule has 4 aromatic rings. The van der Waals surface area contributed by atoms with E-state index in [4.69, 9.17) is 21.3 Å². The van der Waals surface area contributed by atoms with Gasteiger partial charge in [0.05, 0.1) is 29.0 Å². The smallest absolute Gasteiger partial charge is 0.132 e. The summed E-state index contributed by atoms with van der Waals surface area (Å²) in [5, 5.41) is 9.99. The van der Waals surface area contributed by atoms with Crippen molar-refractivity contribution in [3.05, 3.63) is 47.1 Å². The zero-order valence-corrected chi connectivity index (χ0v) is 15.9. The van der Waals surface area contributed by atoms with Crippen LogP contribution in [0.4, 0.5) is 0 Å². The Bertz CT molecular complexity index is 1140. The van der Waals surface area contributed by atoms with E-state index in [1.807, 2.05) is 42.2 Å². The number of ether oxygens (including phenoxy) is 1. The van der Waals surface area contributed by atoms with Crippen molar-refractivity contribution in [1.82, 2.24) is 29.5 Å². The van der Waals surface area contributed by atoms with E-state index >= 15 is 0 Å². The van der Waals surface area contributed by atoms with Gasteiger partial charge in [-0.25, -0.2) is 9.67 Å². The van der Waals surface area contributed by atoms with Gasteiger partial charge in [-0.2, -0.15) is 0 Å². The van der Waals surface area contributed by atoms with Gasteiger partial charge >= 0.3 is 0 Å². The van der Waals surface area contributed by atoms with Gasteiger partial charge in [0.2, 0.25) is 0 Å². The molecule has 0 unspecified atom stereocenters. The van der Waals surface area contributed by atoms with Crippen LogP contribution >= 0.6 is 11.6 Å². The molecule has 3 heterocycles. The molecule has 0 radical (unpaired) electrons. The monoisotopic (exact) mass is 382 g/mol. The number of aromatic nitrogens is 6. The van der Waals surface area contributed by atoms with E-state index in [-0.39, 0.29) is 0 Å². The topological polar surface area (TPSA) is 70.7 Å². The molecule has 0 bridgehead atoms. The summed E-state index contributed by atoms with van der Waals surface area (Å²) >= 11 is 6.28. The third-order valence-corrected chi connectivity index (χ3v) is 5.51. The molecule has 27 heavy (non-hydrogen) atoms. The van der Waals surface area contributed by atoms with Crippen LogP contribution in [0, 0.1) is 6.92 Å². The highest BCUT2D eigenvalue weighted by molar-refractivity contribution is 6.31. The highest BCUT2D eigenvalue weighted by Gasteiger charge is 2.33. The third kappa shape index (κ3) is 2.78. The molecule has 0 saturated heterocycles. The lowest BCUT2D eigenvalue weighted by Crippen LogP contribution is -2.33. The number of nitrogens with zero attached hydrogens (tertiary/aromatic N) is 6. The first kappa shape index (κ1) is 16.6. The SMILES string of the molecule is CO[C@H]1C[C@H](n2c(Cn3cc(C)nn3)nc3cnc4ccc(Cl)cc4c32)C1. The molecule has 1 aliphatic rings. The Labute approximate surface area is 160 Å². The molecule has 138 valence electrons. The van der Waals surface area contributed by atoms with Gasteiger partial charge < -0.3 is 9.30 Å². The lowest BCUT2D eigenvalue weighted by atomic mass is 9.88. The molecule has 1 fully saturated rings. The van der Waals surface area contributed by atoms with Crippen LogP contribution in [-0.2, 0) is 11.3 Å². The molecule has 0 atom stereocenters. The van der Waals surface area contributed by atoms with Gasteiger partial charge in [-0.3, -0.25) is 4.98 Å². The Kier molecular flexibility index (Phi) is 3.87. The van der Waals surface area contributed by atoms with Crippen LogP contribution in [-0.4, -0.2) is 42.7 Å². The molecule has 1 aliphatic carbocycles. The second-order valence-electron chi connectivity index (χ2n) is 7.09. The number of pyridine rings is 1. The first-order valence-electron chi connectivity index (χ1n) is 8.97. The average Bonchev–Trinajstić information content (AvgIpc) is 3.18. The van der Waals surface area contributed by atoms with E-state index in [1.54, 1.807) is 7.11 Å². The van der Waals surface area contributed by atoms with Crippen molar-refractivity contribution in [3.63, 3.8) is 0 Å². The van der Waals surface area contributed by atoms with Crippen LogP contribution in [0.5, 0.6) is 0 Å². The predicted molar refractivity (Wildman–Crippen MR) is 103 cm³/mol. The van der Waals surface area contributed by atoms with Gasteiger partial charge in [0.15, 0.2) is 0 Å². The molecule has 0 N–H and O–H groups in total. The van der Waals surface area contributed by atoms with Crippen LogP contribution in [0.15, 0.2) is 30.6 Å². The fourth-order valence-corrected chi connectivity index (χ4v) is 4.03. The maximum Gasteiger partial charge on any atom is 0.132 e. The summed E-state index contributed by atoms with van der Waals surface area (Å²) in [6.45, 7) is 2.49. The minimum absolute atomic E-state index is 0.297. The van der Waals surface area contributed by atoms with Crippen LogP contribution < -0.4 is 0 Å². The largest absolute Gasteiger partial charge is 0.381 e. The van der Waals surface area contributed by atoms with Crippen LogP contribution in [0.3, 0.4) is 0 Å². The molecule has 1 aromatic carbocycles. The highest BCUT2D eigenvalue weighted by atomic mass is 35.5. The minimum atomic E-state index is 0.297. The van der Waals surface area contributed by atoms with Crippen molar-refractivity contribution in [2.45, 2.75) is 38.5 Å². The van der Waals surface area contributed by atoms with E-state index in [0.717, 1.165) is 46.3 Å². The quantitative estimate of drug-likeness (QED) is 0.540. The number of hydrogen-bond donors (Lipinski definition) is 0. The number of halogens is 1. The van der Waals surface area contributed by atoms with Gasteiger partial charge in [-0.1, -0.05) is 16.8 Å². The zero-order valence-electron chi connectivity index (χ0n) is 15.1. The van der Waals surface area contributed by atoms with Gasteiger partial charge in [-0.05, 0) is 38.0 Å². The molecule has 0 spiro atoms. The summed E-state index contributed by atoms with van der Waals surface area (Å²) in [4.78, 5) is 9.44. The average molecular weight is 383 g/mol. The number of imidazole rings is 1. The van der Waals surface area contributed by atoms with Crippen molar-refractivity contribution in [2.75, 3.05) is 7.11 Å². The van der Waals surface area contributed by atoms with Crippen molar-refractivity contribution in [3.8, 4) is 0 Å². The van der Waals surface area contributed by atoms with E-state index in [9.17, 15) is 0 Å². The van der Waals surface area contributed by atoms with Gasteiger partial charge in [-0.15, -0.1) is 5.10 Å². The van der Waals surface area contributed by atoms with E-state index < -0.39 is 0 Å². The summed E-state index contributed by atoms with van der Waals surface area (Å²) < 4.78 is 9.64. The Balaban J connectivity index is 1.71. The van der Waals surface area contributed by atoms with Gasteiger partial charge in [0, 0.05) is 29.8 Å². The Hall–Kier alpha value is -2.51. The number of rotatable bonds is 4. The number of fused-ring (bicyclic) bond motifs is 3. The second kappa shape index (κ2) is 6.28. The maximum absolute atomic E-state index is 6.28. The predicted octanol–water partition coefficient (Wildman–Crippen LogP) is 3.54. The first-order chi connectivity index (χ1) is 13.1. The molecular weight excluding hydrogens is 364 g/mol. The molecule has 5 rings (SSSR count). The summed E-state index contributed by atoms with van der Waals surface area (Å²) in [5.74, 6) is 0.948. The Morgan fingerprint density at radius 3 is 2.85 bits per heavy atom. The van der Waals surface area contributed by atoms with E-state index in [1.165, 1.54) is 0 Å². The fraction of sp³-hybridized carbons (Fsp3) is 0.368. The highest BCUT2D eigenvalue weighted by Crippen LogP contribution is 2.39. The summed E-state index contributed by atoms with van der Waals surface area (Å²) in [7, 11) is 1.77. The fourth-order valence-electron chi connectivity index (χ4n) is 3.86. The summed E-state index contributed by atoms with van der Waals surface area (Å²) in [6, 6.07) is 6.13. The summed E-state index contributed by atoms with van der Waals surface area (Å²) in [5.41, 5.74) is 3.75. The molecule has 0 amide bonds. The maximum atomic E-state index is 6.28. The molecule has 8 heteroatoms. The number of aryl methyl sites for hydroxylation is 1. The Morgan fingerprint density at radius 1 is 1.26 bits per heavy atom. The van der Waals surface area contributed by atoms with Crippen molar-refractivity contribution < 1.29 is 4.74 Å². The van der Waals surface area contributed by atoms with Crippen molar-refractivity contribution in [2.24, 2.45) is 0 Å². The molecule has 3 aromatic heterocycles.